The second-order valence-electron chi connectivity index (χ2n) is 3.99. The van der Waals surface area contributed by atoms with Crippen molar-refractivity contribution in [3.8, 4) is 6.07 Å². The molecule has 0 amide bonds. The van der Waals surface area contributed by atoms with E-state index < -0.39 is 0 Å². The van der Waals surface area contributed by atoms with Gasteiger partial charge in [-0.1, -0.05) is 17.7 Å². The molecule has 0 fully saturated rings. The summed E-state index contributed by atoms with van der Waals surface area (Å²) in [5.74, 6) is 0.444. The van der Waals surface area contributed by atoms with Crippen molar-refractivity contribution in [3.05, 3.63) is 28.8 Å². The molecule has 0 aromatic heterocycles. The molecule has 0 aliphatic heterocycles. The van der Waals surface area contributed by atoms with Gasteiger partial charge in [-0.15, -0.1) is 11.6 Å². The number of nitriles is 1. The van der Waals surface area contributed by atoms with Gasteiger partial charge in [0.25, 0.3) is 0 Å². The first-order valence-corrected chi connectivity index (χ1v) is 6.52. The molecule has 92 valence electrons. The van der Waals surface area contributed by atoms with E-state index in [0.29, 0.717) is 17.4 Å². The molecule has 1 atom stereocenters. The standard InChI is InChI=1S/C13H16Cl2N2/c1-3-17(9-10(2)8-16)13-5-4-11(7-14)6-12(13)15/h4-6,10H,3,7,9H2,1-2H3. The van der Waals surface area contributed by atoms with Crippen molar-refractivity contribution in [1.29, 1.82) is 5.26 Å². The van der Waals surface area contributed by atoms with Gasteiger partial charge in [0.05, 0.1) is 22.7 Å². The van der Waals surface area contributed by atoms with Gasteiger partial charge in [-0.25, -0.2) is 0 Å². The third-order valence-corrected chi connectivity index (χ3v) is 3.21. The number of hydrogen-bond donors (Lipinski definition) is 0. The Kier molecular flexibility index (Phi) is 5.61. The molecular weight excluding hydrogens is 255 g/mol. The van der Waals surface area contributed by atoms with E-state index in [1.54, 1.807) is 0 Å². The zero-order valence-electron chi connectivity index (χ0n) is 10.1. The molecular formula is C13H16Cl2N2. The SMILES string of the molecule is CCN(CC(C)C#N)c1ccc(CCl)cc1Cl. The van der Waals surface area contributed by atoms with Crippen LogP contribution in [0.3, 0.4) is 0 Å². The average Bonchev–Trinajstić information content (AvgIpc) is 2.35. The lowest BCUT2D eigenvalue weighted by Gasteiger charge is -2.25. The number of anilines is 1. The average molecular weight is 271 g/mol. The van der Waals surface area contributed by atoms with Gasteiger partial charge < -0.3 is 4.90 Å². The first-order chi connectivity index (χ1) is 8.12. The summed E-state index contributed by atoms with van der Waals surface area (Å²) < 4.78 is 0. The minimum atomic E-state index is -0.0151. The Balaban J connectivity index is 2.93. The van der Waals surface area contributed by atoms with Gasteiger partial charge in [0.2, 0.25) is 0 Å². The highest BCUT2D eigenvalue weighted by Crippen LogP contribution is 2.28. The Morgan fingerprint density at radius 2 is 2.18 bits per heavy atom. The molecule has 0 spiro atoms. The summed E-state index contributed by atoms with van der Waals surface area (Å²) in [4.78, 5) is 2.11. The quantitative estimate of drug-likeness (QED) is 0.755. The van der Waals surface area contributed by atoms with Gasteiger partial charge in [-0.05, 0) is 31.5 Å². The highest BCUT2D eigenvalue weighted by Gasteiger charge is 2.12. The highest BCUT2D eigenvalue weighted by atomic mass is 35.5. The van der Waals surface area contributed by atoms with E-state index in [0.717, 1.165) is 17.8 Å². The lowest BCUT2D eigenvalue weighted by atomic mass is 10.1. The summed E-state index contributed by atoms with van der Waals surface area (Å²) in [5.41, 5.74) is 1.97. The van der Waals surface area contributed by atoms with Crippen molar-refractivity contribution in [3.63, 3.8) is 0 Å². The predicted molar refractivity (Wildman–Crippen MR) is 73.7 cm³/mol. The third-order valence-electron chi connectivity index (χ3n) is 2.60. The molecule has 17 heavy (non-hydrogen) atoms. The van der Waals surface area contributed by atoms with Gasteiger partial charge in [0, 0.05) is 19.0 Å². The molecule has 0 aliphatic carbocycles. The third kappa shape index (κ3) is 3.80. The molecule has 0 saturated carbocycles. The van der Waals surface area contributed by atoms with Crippen molar-refractivity contribution in [2.24, 2.45) is 5.92 Å². The van der Waals surface area contributed by atoms with Crippen LogP contribution in [-0.4, -0.2) is 13.1 Å². The van der Waals surface area contributed by atoms with Gasteiger partial charge in [-0.3, -0.25) is 0 Å². The fourth-order valence-electron chi connectivity index (χ4n) is 1.66. The van der Waals surface area contributed by atoms with Crippen LogP contribution in [0.1, 0.15) is 19.4 Å². The van der Waals surface area contributed by atoms with Crippen LogP contribution in [0.2, 0.25) is 5.02 Å². The maximum absolute atomic E-state index is 8.85. The van der Waals surface area contributed by atoms with E-state index in [-0.39, 0.29) is 5.92 Å². The lowest BCUT2D eigenvalue weighted by molar-refractivity contribution is 0.686. The van der Waals surface area contributed by atoms with Crippen LogP contribution >= 0.6 is 23.2 Å². The first kappa shape index (κ1) is 14.2. The fraction of sp³-hybridized carbons (Fsp3) is 0.462. The molecule has 0 heterocycles. The molecule has 0 aliphatic rings. The van der Waals surface area contributed by atoms with Crippen LogP contribution in [0, 0.1) is 17.2 Å². The van der Waals surface area contributed by atoms with Crippen molar-refractivity contribution in [1.82, 2.24) is 0 Å². The van der Waals surface area contributed by atoms with Crippen LogP contribution in [0.25, 0.3) is 0 Å². The summed E-state index contributed by atoms with van der Waals surface area (Å²) in [5, 5.41) is 9.54. The molecule has 0 N–H and O–H groups in total. The van der Waals surface area contributed by atoms with Crippen LogP contribution < -0.4 is 4.90 Å². The van der Waals surface area contributed by atoms with E-state index in [9.17, 15) is 0 Å². The first-order valence-electron chi connectivity index (χ1n) is 5.61. The normalized spacial score (nSPS) is 11.9. The zero-order chi connectivity index (χ0) is 12.8. The Morgan fingerprint density at radius 1 is 1.47 bits per heavy atom. The van der Waals surface area contributed by atoms with Crippen molar-refractivity contribution in [2.45, 2.75) is 19.7 Å². The van der Waals surface area contributed by atoms with E-state index in [1.165, 1.54) is 0 Å². The van der Waals surface area contributed by atoms with E-state index >= 15 is 0 Å². The van der Waals surface area contributed by atoms with Crippen molar-refractivity contribution < 1.29 is 0 Å². The minimum absolute atomic E-state index is 0.0151. The zero-order valence-corrected chi connectivity index (χ0v) is 11.6. The fourth-order valence-corrected chi connectivity index (χ4v) is 2.15. The molecule has 1 aromatic carbocycles. The number of alkyl halides is 1. The summed E-state index contributed by atoms with van der Waals surface area (Å²) in [6, 6.07) is 8.05. The Labute approximate surface area is 113 Å². The monoisotopic (exact) mass is 270 g/mol. The molecule has 1 rings (SSSR count). The molecule has 0 saturated heterocycles. The molecule has 2 nitrogen and oxygen atoms in total. The summed E-state index contributed by atoms with van der Waals surface area (Å²) in [6.45, 7) is 5.47. The largest absolute Gasteiger partial charge is 0.369 e. The molecule has 0 bridgehead atoms. The maximum Gasteiger partial charge on any atom is 0.0671 e. The Morgan fingerprint density at radius 3 is 2.65 bits per heavy atom. The highest BCUT2D eigenvalue weighted by molar-refractivity contribution is 6.33. The minimum Gasteiger partial charge on any atom is -0.369 e. The Hall–Kier alpha value is -0.910. The van der Waals surface area contributed by atoms with E-state index in [2.05, 4.69) is 17.9 Å². The second kappa shape index (κ2) is 6.74. The van der Waals surface area contributed by atoms with Gasteiger partial charge >= 0.3 is 0 Å². The van der Waals surface area contributed by atoms with Gasteiger partial charge in [0.15, 0.2) is 0 Å². The van der Waals surface area contributed by atoms with Crippen LogP contribution in [0.15, 0.2) is 18.2 Å². The predicted octanol–water partition coefficient (Wildman–Crippen LogP) is 4.06. The summed E-state index contributed by atoms with van der Waals surface area (Å²) in [7, 11) is 0. The van der Waals surface area contributed by atoms with Gasteiger partial charge in [0.1, 0.15) is 0 Å². The van der Waals surface area contributed by atoms with E-state index in [4.69, 9.17) is 28.5 Å². The van der Waals surface area contributed by atoms with Crippen molar-refractivity contribution >= 4 is 28.9 Å². The molecule has 4 heteroatoms. The topological polar surface area (TPSA) is 27.0 Å². The molecule has 1 unspecified atom stereocenters. The van der Waals surface area contributed by atoms with Crippen molar-refractivity contribution in [2.75, 3.05) is 18.0 Å². The Bertz CT molecular complexity index is 412. The number of benzene rings is 1. The van der Waals surface area contributed by atoms with Gasteiger partial charge in [-0.2, -0.15) is 5.26 Å². The number of nitrogens with zero attached hydrogens (tertiary/aromatic N) is 2. The number of hydrogen-bond acceptors (Lipinski definition) is 2. The number of rotatable bonds is 5. The van der Waals surface area contributed by atoms with E-state index in [1.807, 2.05) is 25.1 Å². The maximum atomic E-state index is 8.85. The smallest absolute Gasteiger partial charge is 0.0671 e. The molecule has 0 radical (unpaired) electrons. The van der Waals surface area contributed by atoms with Crippen LogP contribution in [-0.2, 0) is 5.88 Å². The summed E-state index contributed by atoms with van der Waals surface area (Å²) in [6.07, 6.45) is 0. The lowest BCUT2D eigenvalue weighted by Crippen LogP contribution is -2.27. The second-order valence-corrected chi connectivity index (χ2v) is 4.66. The molecule has 1 aromatic rings. The van der Waals surface area contributed by atoms with Crippen LogP contribution in [0.5, 0.6) is 0 Å². The number of halogens is 2. The van der Waals surface area contributed by atoms with Crippen LogP contribution in [0.4, 0.5) is 5.69 Å². The summed E-state index contributed by atoms with van der Waals surface area (Å²) >= 11 is 12.0.